The molecule has 0 spiro atoms. The van der Waals surface area contributed by atoms with Crippen LogP contribution in [0.5, 0.6) is 0 Å². The van der Waals surface area contributed by atoms with Crippen molar-refractivity contribution in [2.45, 2.75) is 127 Å². The molecular formula is C26H38F12O2. The molecule has 238 valence electrons. The topological polar surface area (TPSA) is 40.5 Å². The highest BCUT2D eigenvalue weighted by Gasteiger charge is 2.71. The van der Waals surface area contributed by atoms with E-state index < -0.39 is 60.6 Å². The molecule has 2 N–H and O–H groups in total. The van der Waals surface area contributed by atoms with Crippen molar-refractivity contribution < 1.29 is 62.9 Å². The second-order valence-corrected chi connectivity index (χ2v) is 12.3. The van der Waals surface area contributed by atoms with Crippen LogP contribution < -0.4 is 0 Å². The van der Waals surface area contributed by atoms with E-state index in [0.717, 1.165) is 0 Å². The maximum absolute atomic E-state index is 13.1. The Bertz CT molecular complexity index is 765. The molecule has 14 heteroatoms. The summed E-state index contributed by atoms with van der Waals surface area (Å²) >= 11 is 0. The Labute approximate surface area is 225 Å². The van der Waals surface area contributed by atoms with Gasteiger partial charge in [0.2, 0.25) is 0 Å². The number of halogens is 12. The van der Waals surface area contributed by atoms with Crippen LogP contribution in [0.4, 0.5) is 52.7 Å². The molecule has 0 aliphatic heterocycles. The van der Waals surface area contributed by atoms with E-state index in [0.29, 0.717) is 38.5 Å². The van der Waals surface area contributed by atoms with Crippen LogP contribution >= 0.6 is 0 Å². The van der Waals surface area contributed by atoms with Crippen molar-refractivity contribution in [2.24, 2.45) is 35.5 Å². The highest BCUT2D eigenvalue weighted by molar-refractivity contribution is 4.97. The van der Waals surface area contributed by atoms with Crippen molar-refractivity contribution >= 4 is 0 Å². The Balaban J connectivity index is 1.88. The molecular weight excluding hydrogens is 572 g/mol. The van der Waals surface area contributed by atoms with E-state index in [9.17, 15) is 62.9 Å². The molecule has 0 aromatic carbocycles. The number of hydrogen-bond donors (Lipinski definition) is 2. The Hall–Kier alpha value is -0.920. The minimum Gasteiger partial charge on any atom is -0.374 e. The summed E-state index contributed by atoms with van der Waals surface area (Å²) in [5, 5.41) is 19.0. The maximum Gasteiger partial charge on any atom is 0.426 e. The van der Waals surface area contributed by atoms with Crippen LogP contribution in [0.3, 0.4) is 0 Å². The smallest absolute Gasteiger partial charge is 0.374 e. The zero-order valence-electron chi connectivity index (χ0n) is 22.4. The van der Waals surface area contributed by atoms with Gasteiger partial charge in [0.15, 0.2) is 0 Å². The van der Waals surface area contributed by atoms with Crippen LogP contribution in [0.1, 0.15) is 90.9 Å². The van der Waals surface area contributed by atoms with Crippen molar-refractivity contribution in [2.75, 3.05) is 0 Å². The molecule has 0 aromatic heterocycles. The lowest BCUT2D eigenvalue weighted by Gasteiger charge is -2.39. The Kier molecular flexibility index (Phi) is 10.9. The van der Waals surface area contributed by atoms with E-state index in [1.54, 1.807) is 0 Å². The minimum absolute atomic E-state index is 0.0335. The normalized spacial score (nSPS) is 27.9. The fourth-order valence-corrected chi connectivity index (χ4v) is 6.61. The highest BCUT2D eigenvalue weighted by atomic mass is 19.4. The first-order valence-corrected chi connectivity index (χ1v) is 13.6. The third kappa shape index (κ3) is 8.12. The average molecular weight is 611 g/mol. The summed E-state index contributed by atoms with van der Waals surface area (Å²) in [4.78, 5) is 0. The molecule has 0 heterocycles. The van der Waals surface area contributed by atoms with E-state index in [1.807, 2.05) is 13.8 Å². The third-order valence-electron chi connectivity index (χ3n) is 9.28. The number of alkyl halides is 12. The second kappa shape index (κ2) is 12.4. The van der Waals surface area contributed by atoms with Gasteiger partial charge in [-0.25, -0.2) is 0 Å². The molecule has 2 aliphatic carbocycles. The van der Waals surface area contributed by atoms with Gasteiger partial charge in [-0.3, -0.25) is 0 Å². The van der Waals surface area contributed by atoms with E-state index in [1.165, 1.54) is 0 Å². The van der Waals surface area contributed by atoms with Crippen molar-refractivity contribution in [3.8, 4) is 0 Å². The van der Waals surface area contributed by atoms with Crippen LogP contribution in [0.15, 0.2) is 0 Å². The Morgan fingerprint density at radius 2 is 0.825 bits per heavy atom. The molecule has 0 aromatic rings. The molecule has 4 atom stereocenters. The van der Waals surface area contributed by atoms with E-state index in [-0.39, 0.29) is 49.4 Å². The van der Waals surface area contributed by atoms with Crippen molar-refractivity contribution in [3.05, 3.63) is 0 Å². The van der Waals surface area contributed by atoms with Gasteiger partial charge in [-0.1, -0.05) is 58.8 Å². The summed E-state index contributed by atoms with van der Waals surface area (Å²) < 4.78 is 157. The molecule has 2 nitrogen and oxygen atoms in total. The molecule has 2 rings (SSSR count). The largest absolute Gasteiger partial charge is 0.426 e. The molecule has 4 unspecified atom stereocenters. The van der Waals surface area contributed by atoms with Crippen LogP contribution in [0, 0.1) is 35.5 Å². The number of aliphatic hydroxyl groups is 2. The van der Waals surface area contributed by atoms with Gasteiger partial charge in [-0.05, 0) is 67.6 Å². The molecule has 0 saturated heterocycles. The van der Waals surface area contributed by atoms with Gasteiger partial charge in [0.1, 0.15) is 0 Å². The van der Waals surface area contributed by atoms with Gasteiger partial charge in [-0.2, -0.15) is 52.7 Å². The molecule has 2 saturated carbocycles. The van der Waals surface area contributed by atoms with Gasteiger partial charge in [0, 0.05) is 0 Å². The van der Waals surface area contributed by atoms with Gasteiger partial charge >= 0.3 is 24.7 Å². The van der Waals surface area contributed by atoms with Gasteiger partial charge < -0.3 is 10.2 Å². The zero-order valence-corrected chi connectivity index (χ0v) is 22.4. The molecule has 0 radical (unpaired) electrons. The molecule has 0 bridgehead atoms. The summed E-state index contributed by atoms with van der Waals surface area (Å²) in [5.74, 6) is -1.87. The summed E-state index contributed by atoms with van der Waals surface area (Å²) in [6.07, 6.45) is -22.8. The first-order valence-electron chi connectivity index (χ1n) is 13.6. The monoisotopic (exact) mass is 610 g/mol. The standard InChI is InChI=1S/C26H38F12O2/c1-15(10-17-6-8-18(9-7-17)13-21(39,23(27,28)29)24(30,31)32)16(2)11-19-4-3-5-20(12-19)14-22(40,25(33,34)35)26(36,37)38/h15-20,39-40H,3-14H2,1-2H3. The lowest BCUT2D eigenvalue weighted by molar-refractivity contribution is -0.373. The fourth-order valence-electron chi connectivity index (χ4n) is 6.61. The van der Waals surface area contributed by atoms with E-state index in [4.69, 9.17) is 0 Å². The van der Waals surface area contributed by atoms with E-state index >= 15 is 0 Å². The average Bonchev–Trinajstić information content (AvgIpc) is 2.77. The Morgan fingerprint density at radius 3 is 1.23 bits per heavy atom. The number of rotatable bonds is 9. The predicted octanol–water partition coefficient (Wildman–Crippen LogP) is 9.14. The summed E-state index contributed by atoms with van der Waals surface area (Å²) in [6, 6.07) is 0. The second-order valence-electron chi connectivity index (χ2n) is 12.3. The summed E-state index contributed by atoms with van der Waals surface area (Å²) in [6.45, 7) is 3.84. The van der Waals surface area contributed by atoms with Gasteiger partial charge in [0.05, 0.1) is 0 Å². The lowest BCUT2D eigenvalue weighted by Crippen LogP contribution is -2.58. The van der Waals surface area contributed by atoms with E-state index in [2.05, 4.69) is 0 Å². The van der Waals surface area contributed by atoms with Crippen LogP contribution in [-0.4, -0.2) is 46.1 Å². The van der Waals surface area contributed by atoms with Gasteiger partial charge in [0.25, 0.3) is 11.2 Å². The number of hydrogen-bond acceptors (Lipinski definition) is 2. The molecule has 2 aliphatic rings. The van der Waals surface area contributed by atoms with Crippen LogP contribution in [-0.2, 0) is 0 Å². The maximum atomic E-state index is 13.1. The first kappa shape index (κ1) is 35.3. The van der Waals surface area contributed by atoms with Crippen LogP contribution in [0.25, 0.3) is 0 Å². The molecule has 2 fully saturated rings. The zero-order chi connectivity index (χ0) is 30.9. The van der Waals surface area contributed by atoms with Crippen molar-refractivity contribution in [3.63, 3.8) is 0 Å². The quantitative estimate of drug-likeness (QED) is 0.256. The van der Waals surface area contributed by atoms with Crippen molar-refractivity contribution in [1.29, 1.82) is 0 Å². The first-order chi connectivity index (χ1) is 17.9. The fraction of sp³-hybridized carbons (Fsp3) is 1.00. The predicted molar refractivity (Wildman–Crippen MR) is 122 cm³/mol. The summed E-state index contributed by atoms with van der Waals surface area (Å²) in [5.41, 5.74) is -9.52. The summed E-state index contributed by atoms with van der Waals surface area (Å²) in [7, 11) is 0. The van der Waals surface area contributed by atoms with Crippen molar-refractivity contribution in [1.82, 2.24) is 0 Å². The molecule has 40 heavy (non-hydrogen) atoms. The Morgan fingerprint density at radius 1 is 0.500 bits per heavy atom. The minimum atomic E-state index is -5.85. The lowest BCUT2D eigenvalue weighted by atomic mass is 9.70. The third-order valence-corrected chi connectivity index (χ3v) is 9.28. The van der Waals surface area contributed by atoms with Crippen LogP contribution in [0.2, 0.25) is 0 Å². The molecule has 0 amide bonds. The SMILES string of the molecule is CC(CC1CCC(CC(O)(C(F)(F)F)C(F)(F)F)CC1)C(C)CC1CCCC(CC(O)(C(F)(F)F)C(F)(F)F)C1. The van der Waals surface area contributed by atoms with Gasteiger partial charge in [-0.15, -0.1) is 0 Å². The highest BCUT2D eigenvalue weighted by Crippen LogP contribution is 2.51.